The number of anilines is 2. The maximum atomic E-state index is 12.8. The van der Waals surface area contributed by atoms with Gasteiger partial charge in [-0.15, -0.1) is 10.2 Å². The summed E-state index contributed by atoms with van der Waals surface area (Å²) in [5.41, 5.74) is 0. The predicted octanol–water partition coefficient (Wildman–Crippen LogP) is 3.09. The van der Waals surface area contributed by atoms with Gasteiger partial charge in [0, 0.05) is 45.2 Å². The zero-order valence-corrected chi connectivity index (χ0v) is 16.5. The van der Waals surface area contributed by atoms with E-state index in [0.29, 0.717) is 5.91 Å². The lowest BCUT2D eigenvalue weighted by atomic mass is 9.95. The molecule has 0 spiro atoms. The molecule has 3 fully saturated rings. The number of hydrogen-bond donors (Lipinski definition) is 0. The summed E-state index contributed by atoms with van der Waals surface area (Å²) >= 11 is 0. The van der Waals surface area contributed by atoms with Gasteiger partial charge in [-0.2, -0.15) is 0 Å². The van der Waals surface area contributed by atoms with Crippen molar-refractivity contribution in [1.82, 2.24) is 15.1 Å². The molecular formula is C21H33N5O. The third-order valence-corrected chi connectivity index (χ3v) is 6.40. The summed E-state index contributed by atoms with van der Waals surface area (Å²) in [6, 6.07) is 4.22. The highest BCUT2D eigenvalue weighted by Crippen LogP contribution is 2.25. The minimum atomic E-state index is 0.194. The number of likely N-dealkylation sites (tertiary alicyclic amines) is 1. The van der Waals surface area contributed by atoms with Crippen molar-refractivity contribution in [1.29, 1.82) is 0 Å². The van der Waals surface area contributed by atoms with Gasteiger partial charge >= 0.3 is 0 Å². The van der Waals surface area contributed by atoms with E-state index in [1.54, 1.807) is 0 Å². The van der Waals surface area contributed by atoms with E-state index in [4.69, 9.17) is 0 Å². The first-order valence-electron chi connectivity index (χ1n) is 10.9. The van der Waals surface area contributed by atoms with Crippen molar-refractivity contribution in [3.8, 4) is 0 Å². The van der Waals surface area contributed by atoms with Crippen LogP contribution in [0.1, 0.15) is 57.8 Å². The first kappa shape index (κ1) is 18.5. The lowest BCUT2D eigenvalue weighted by Gasteiger charge is -2.34. The van der Waals surface area contributed by atoms with E-state index >= 15 is 0 Å². The smallest absolute Gasteiger partial charge is 0.225 e. The Balaban J connectivity index is 1.30. The van der Waals surface area contributed by atoms with Crippen LogP contribution in [0, 0.1) is 5.92 Å². The van der Waals surface area contributed by atoms with Gasteiger partial charge < -0.3 is 14.7 Å². The predicted molar refractivity (Wildman–Crippen MR) is 108 cm³/mol. The number of aromatic nitrogens is 2. The normalized spacial score (nSPS) is 22.6. The topological polar surface area (TPSA) is 52.6 Å². The Morgan fingerprint density at radius 3 is 1.74 bits per heavy atom. The zero-order chi connectivity index (χ0) is 18.5. The van der Waals surface area contributed by atoms with E-state index in [-0.39, 0.29) is 5.92 Å². The van der Waals surface area contributed by atoms with Crippen LogP contribution in [0.25, 0.3) is 0 Å². The minimum absolute atomic E-state index is 0.194. The van der Waals surface area contributed by atoms with E-state index in [1.165, 1.54) is 44.9 Å². The molecule has 0 atom stereocenters. The molecule has 4 heterocycles. The lowest BCUT2D eigenvalue weighted by Crippen LogP contribution is -2.43. The number of nitrogens with zero attached hydrogens (tertiary/aromatic N) is 5. The fourth-order valence-corrected chi connectivity index (χ4v) is 4.68. The highest BCUT2D eigenvalue weighted by Gasteiger charge is 2.29. The van der Waals surface area contributed by atoms with Gasteiger partial charge in [-0.25, -0.2) is 0 Å². The van der Waals surface area contributed by atoms with E-state index in [1.807, 2.05) is 0 Å². The molecule has 0 bridgehead atoms. The fraction of sp³-hybridized carbons (Fsp3) is 0.762. The Morgan fingerprint density at radius 2 is 1.19 bits per heavy atom. The number of hydrogen-bond acceptors (Lipinski definition) is 5. The van der Waals surface area contributed by atoms with Crippen LogP contribution in [0.5, 0.6) is 0 Å². The van der Waals surface area contributed by atoms with Crippen LogP contribution in [0.3, 0.4) is 0 Å². The second kappa shape index (κ2) is 8.89. The molecule has 0 aromatic carbocycles. The van der Waals surface area contributed by atoms with E-state index in [9.17, 15) is 4.79 Å². The van der Waals surface area contributed by atoms with Gasteiger partial charge in [-0.05, 0) is 57.1 Å². The summed E-state index contributed by atoms with van der Waals surface area (Å²) in [5.74, 6) is 2.55. The highest BCUT2D eigenvalue weighted by atomic mass is 16.2. The quantitative estimate of drug-likeness (QED) is 0.817. The van der Waals surface area contributed by atoms with Crippen LogP contribution < -0.4 is 9.80 Å². The van der Waals surface area contributed by atoms with Crippen LogP contribution in [-0.4, -0.2) is 60.3 Å². The minimum Gasteiger partial charge on any atom is -0.355 e. The highest BCUT2D eigenvalue weighted by molar-refractivity contribution is 5.79. The molecule has 3 aliphatic heterocycles. The number of amides is 1. The third kappa shape index (κ3) is 4.53. The van der Waals surface area contributed by atoms with Gasteiger partial charge in [0.2, 0.25) is 5.91 Å². The molecule has 6 heteroatoms. The number of carbonyl (C=O) groups excluding carboxylic acids is 1. The summed E-state index contributed by atoms with van der Waals surface area (Å²) in [4.78, 5) is 19.6. The fourth-order valence-electron chi connectivity index (χ4n) is 4.68. The second-order valence-corrected chi connectivity index (χ2v) is 8.30. The van der Waals surface area contributed by atoms with Gasteiger partial charge in [0.15, 0.2) is 11.6 Å². The lowest BCUT2D eigenvalue weighted by molar-refractivity contribution is -0.136. The maximum Gasteiger partial charge on any atom is 0.225 e. The molecule has 27 heavy (non-hydrogen) atoms. The molecule has 1 aromatic heterocycles. The molecule has 0 unspecified atom stereocenters. The van der Waals surface area contributed by atoms with Crippen molar-refractivity contribution in [2.75, 3.05) is 49.1 Å². The van der Waals surface area contributed by atoms with Gasteiger partial charge in [0.05, 0.1) is 0 Å². The van der Waals surface area contributed by atoms with Gasteiger partial charge in [-0.3, -0.25) is 4.79 Å². The van der Waals surface area contributed by atoms with Crippen molar-refractivity contribution in [3.05, 3.63) is 12.1 Å². The summed E-state index contributed by atoms with van der Waals surface area (Å²) in [6.45, 7) is 5.92. The molecule has 0 saturated carbocycles. The Hall–Kier alpha value is -1.85. The van der Waals surface area contributed by atoms with Crippen LogP contribution in [0.2, 0.25) is 0 Å². The van der Waals surface area contributed by atoms with Gasteiger partial charge in [0.25, 0.3) is 0 Å². The molecule has 0 aliphatic carbocycles. The van der Waals surface area contributed by atoms with Crippen LogP contribution in [0.15, 0.2) is 12.1 Å². The summed E-state index contributed by atoms with van der Waals surface area (Å²) in [7, 11) is 0. The van der Waals surface area contributed by atoms with Crippen molar-refractivity contribution >= 4 is 17.5 Å². The Morgan fingerprint density at radius 1 is 0.704 bits per heavy atom. The van der Waals surface area contributed by atoms with Crippen molar-refractivity contribution < 1.29 is 4.79 Å². The first-order valence-corrected chi connectivity index (χ1v) is 10.9. The van der Waals surface area contributed by atoms with Gasteiger partial charge in [-0.1, -0.05) is 12.8 Å². The number of carbonyl (C=O) groups is 1. The van der Waals surface area contributed by atoms with Crippen molar-refractivity contribution in [3.63, 3.8) is 0 Å². The SMILES string of the molecule is O=C(C1CCN(c2ccc(N3CCCCC3)nn2)CC1)N1CCCCCC1. The molecular weight excluding hydrogens is 338 g/mol. The zero-order valence-electron chi connectivity index (χ0n) is 16.5. The Labute approximate surface area is 162 Å². The molecule has 6 nitrogen and oxygen atoms in total. The molecule has 148 valence electrons. The van der Waals surface area contributed by atoms with E-state index < -0.39 is 0 Å². The molecule has 1 aromatic rings. The maximum absolute atomic E-state index is 12.8. The number of piperidine rings is 2. The van der Waals surface area contributed by atoms with Crippen molar-refractivity contribution in [2.24, 2.45) is 5.92 Å². The monoisotopic (exact) mass is 371 g/mol. The average molecular weight is 372 g/mol. The molecule has 1 amide bonds. The van der Waals surface area contributed by atoms with Crippen LogP contribution >= 0.6 is 0 Å². The van der Waals surface area contributed by atoms with Gasteiger partial charge in [0.1, 0.15) is 0 Å². The largest absolute Gasteiger partial charge is 0.355 e. The third-order valence-electron chi connectivity index (χ3n) is 6.40. The van der Waals surface area contributed by atoms with E-state index in [2.05, 4.69) is 37.0 Å². The first-order chi connectivity index (χ1) is 13.3. The van der Waals surface area contributed by atoms with Crippen molar-refractivity contribution in [2.45, 2.75) is 57.8 Å². The molecule has 0 N–H and O–H groups in total. The van der Waals surface area contributed by atoms with E-state index in [0.717, 1.165) is 63.7 Å². The standard InChI is InChI=1S/C21H33N5O/c27-21(26-14-4-1-2-5-15-26)18-10-16-25(17-11-18)20-9-8-19(22-23-20)24-12-6-3-7-13-24/h8-9,18H,1-7,10-17H2. The summed E-state index contributed by atoms with van der Waals surface area (Å²) in [6.07, 6.45) is 10.6. The Bertz CT molecular complexity index is 598. The Kier molecular flexibility index (Phi) is 6.10. The van der Waals surface area contributed by atoms with Crippen LogP contribution in [-0.2, 0) is 4.79 Å². The molecule has 0 radical (unpaired) electrons. The molecule has 3 saturated heterocycles. The summed E-state index contributed by atoms with van der Waals surface area (Å²) < 4.78 is 0. The average Bonchev–Trinajstić information content (AvgIpc) is 3.04. The number of rotatable bonds is 3. The summed E-state index contributed by atoms with van der Waals surface area (Å²) in [5, 5.41) is 8.96. The van der Waals surface area contributed by atoms with Crippen LogP contribution in [0.4, 0.5) is 11.6 Å². The molecule has 3 aliphatic rings. The molecule has 4 rings (SSSR count). The second-order valence-electron chi connectivity index (χ2n) is 8.30.